The molecule has 0 fully saturated rings. The average Bonchev–Trinajstić information content (AvgIpc) is 2.15. The van der Waals surface area contributed by atoms with Crippen LogP contribution >= 0.6 is 0 Å². The number of fused-ring (bicyclic) bond motifs is 18. The van der Waals surface area contributed by atoms with Crippen molar-refractivity contribution in [1.82, 2.24) is 13.7 Å². The second-order valence-corrected chi connectivity index (χ2v) is 24.2. The number of rotatable bonds is 9. The fraction of sp³-hybridized carbons (Fsp3) is 0.143. The third-order valence-corrected chi connectivity index (χ3v) is 19.5. The molecule has 0 bridgehead atoms. The smallest absolute Gasteiger partial charge is 0.0494 e. The second-order valence-electron chi connectivity index (χ2n) is 24.2. The lowest BCUT2D eigenvalue weighted by molar-refractivity contribution is 0.851. The van der Waals surface area contributed by atoms with Crippen molar-refractivity contribution in [2.75, 3.05) is 0 Å². The lowest BCUT2D eigenvalue weighted by Gasteiger charge is -2.16. The number of benzene rings is 12. The van der Waals surface area contributed by atoms with Crippen LogP contribution in [0.3, 0.4) is 0 Å². The third kappa shape index (κ3) is 8.93. The van der Waals surface area contributed by atoms with Crippen LogP contribution in [0.15, 0.2) is 255 Å². The molecular formula is C84H69N3. The predicted molar refractivity (Wildman–Crippen MR) is 368 cm³/mol. The van der Waals surface area contributed by atoms with Crippen LogP contribution in [-0.4, -0.2) is 13.7 Å². The SMILES string of the molecule is CCc1c(Cn2c3ccccc3c3ccccc32)ccc2c1-c1ccccc1C2.CCc1cc(Cn2c3ccccc3c3ccccc32)cc2c1Cc1ccccc1-2.CCc1cc2c(cc1Cn1c3ccccc3c3ccccc31)-c1ccccc1C2. The van der Waals surface area contributed by atoms with Gasteiger partial charge in [-0.25, -0.2) is 0 Å². The Hall–Kier alpha value is -9.96. The largest absolute Gasteiger partial charge is 0.336 e. The van der Waals surface area contributed by atoms with E-state index in [1.54, 1.807) is 0 Å². The maximum Gasteiger partial charge on any atom is 0.0494 e. The first-order valence-electron chi connectivity index (χ1n) is 31.6. The molecule has 0 saturated heterocycles. The Morgan fingerprint density at radius 2 is 0.667 bits per heavy atom. The summed E-state index contributed by atoms with van der Waals surface area (Å²) in [4.78, 5) is 0. The number of aryl methyl sites for hydroxylation is 2. The Morgan fingerprint density at radius 1 is 0.264 bits per heavy atom. The van der Waals surface area contributed by atoms with E-state index in [2.05, 4.69) is 289 Å². The van der Waals surface area contributed by atoms with Gasteiger partial charge in [-0.2, -0.15) is 0 Å². The molecule has 0 spiro atoms. The maximum absolute atomic E-state index is 2.49. The summed E-state index contributed by atoms with van der Waals surface area (Å²) in [7, 11) is 0. The summed E-state index contributed by atoms with van der Waals surface area (Å²) in [6.45, 7) is 9.57. The molecule has 3 heterocycles. The van der Waals surface area contributed by atoms with Gasteiger partial charge in [-0.3, -0.25) is 0 Å². The van der Waals surface area contributed by atoms with E-state index in [0.717, 1.165) is 58.2 Å². The third-order valence-electron chi connectivity index (χ3n) is 19.5. The van der Waals surface area contributed by atoms with Crippen molar-refractivity contribution in [2.45, 2.75) is 78.9 Å². The van der Waals surface area contributed by atoms with E-state index >= 15 is 0 Å². The number of aromatic nitrogens is 3. The van der Waals surface area contributed by atoms with Crippen molar-refractivity contribution < 1.29 is 0 Å². The van der Waals surface area contributed by atoms with Crippen LogP contribution in [0.4, 0.5) is 0 Å². The van der Waals surface area contributed by atoms with Crippen molar-refractivity contribution in [3.05, 3.63) is 322 Å². The van der Waals surface area contributed by atoms with Gasteiger partial charge < -0.3 is 13.7 Å². The molecule has 0 aliphatic heterocycles. The summed E-state index contributed by atoms with van der Waals surface area (Å²) in [6.07, 6.45) is 6.41. The quantitative estimate of drug-likeness (QED) is 0.137. The zero-order valence-corrected chi connectivity index (χ0v) is 50.0. The van der Waals surface area contributed by atoms with Crippen molar-refractivity contribution in [2.24, 2.45) is 0 Å². The molecule has 0 saturated carbocycles. The van der Waals surface area contributed by atoms with Crippen molar-refractivity contribution in [1.29, 1.82) is 0 Å². The van der Waals surface area contributed by atoms with Crippen molar-refractivity contribution in [3.63, 3.8) is 0 Å². The zero-order valence-electron chi connectivity index (χ0n) is 50.0. The highest BCUT2D eigenvalue weighted by atomic mass is 15.0. The summed E-state index contributed by atoms with van der Waals surface area (Å²) in [5, 5.41) is 8.04. The van der Waals surface area contributed by atoms with Crippen LogP contribution in [0.1, 0.15) is 87.5 Å². The highest BCUT2D eigenvalue weighted by molar-refractivity contribution is 6.10. The van der Waals surface area contributed by atoms with Gasteiger partial charge in [-0.05, 0) is 187 Å². The lowest BCUT2D eigenvalue weighted by Crippen LogP contribution is -2.04. The highest BCUT2D eigenvalue weighted by Crippen LogP contribution is 2.44. The van der Waals surface area contributed by atoms with Gasteiger partial charge in [0, 0.05) is 85.1 Å². The minimum Gasteiger partial charge on any atom is -0.336 e. The highest BCUT2D eigenvalue weighted by Gasteiger charge is 2.26. The first-order chi connectivity index (χ1) is 43.0. The minimum absolute atomic E-state index is 0.899. The van der Waals surface area contributed by atoms with E-state index in [1.807, 2.05) is 0 Å². The van der Waals surface area contributed by atoms with Crippen LogP contribution in [0, 0.1) is 0 Å². The van der Waals surface area contributed by atoms with Gasteiger partial charge in [0.2, 0.25) is 0 Å². The molecule has 3 nitrogen and oxygen atoms in total. The zero-order chi connectivity index (χ0) is 58.1. The van der Waals surface area contributed by atoms with E-state index in [-0.39, 0.29) is 0 Å². The van der Waals surface area contributed by atoms with Crippen LogP contribution in [0.25, 0.3) is 98.8 Å². The second kappa shape index (κ2) is 21.8. The normalized spacial score (nSPS) is 12.4. The van der Waals surface area contributed by atoms with Gasteiger partial charge in [0.25, 0.3) is 0 Å². The van der Waals surface area contributed by atoms with Gasteiger partial charge in [-0.15, -0.1) is 0 Å². The van der Waals surface area contributed by atoms with E-state index < -0.39 is 0 Å². The Kier molecular flexibility index (Phi) is 13.2. The van der Waals surface area contributed by atoms with E-state index in [0.29, 0.717) is 0 Å². The number of nitrogens with zero attached hydrogens (tertiary/aromatic N) is 3. The van der Waals surface area contributed by atoms with Crippen molar-refractivity contribution in [3.8, 4) is 33.4 Å². The molecule has 3 aromatic heterocycles. The molecule has 15 aromatic rings. The van der Waals surface area contributed by atoms with Gasteiger partial charge in [0.05, 0.1) is 0 Å². The molecule has 0 N–H and O–H groups in total. The summed E-state index contributed by atoms with van der Waals surface area (Å²) >= 11 is 0. The van der Waals surface area contributed by atoms with Crippen molar-refractivity contribution >= 4 is 65.4 Å². The summed E-state index contributed by atoms with van der Waals surface area (Å²) < 4.78 is 7.46. The molecule has 0 radical (unpaired) electrons. The summed E-state index contributed by atoms with van der Waals surface area (Å²) in [6, 6.07) is 93.9. The van der Waals surface area contributed by atoms with Gasteiger partial charge in [0.1, 0.15) is 0 Å². The van der Waals surface area contributed by atoms with Crippen LogP contribution in [-0.2, 0) is 58.2 Å². The Bertz CT molecular complexity index is 4920. The standard InChI is InChI=1S/3C28H23N/c1-2-20-15-19(16-26-22-10-4-3-9-21(22)17-25(20)26)18-29-27-13-7-5-11-23(27)24-12-6-8-14-28(24)29;1-2-19-15-21-16-20-9-3-4-10-23(20)26(21)17-22(19)18-29-27-13-7-5-11-24(27)25-12-6-8-14-28(25)29;1-2-22-21(16-15-20-17-19-9-3-4-10-23(19)28(20)22)18-29-26-13-7-5-11-24(26)25-12-6-8-14-27(25)29/h3-16H,2,17-18H2,1H3;3-15,17H,2,16,18H2,1H3;3-16H,2,17-18H2,1H3. The number of hydrogen-bond donors (Lipinski definition) is 0. The van der Waals surface area contributed by atoms with E-state index in [4.69, 9.17) is 0 Å². The summed E-state index contributed by atoms with van der Waals surface area (Å²) in [5.41, 5.74) is 34.1. The monoisotopic (exact) mass is 1120 g/mol. The van der Waals surface area contributed by atoms with E-state index in [1.165, 1.54) is 166 Å². The molecule has 420 valence electrons. The number of hydrogen-bond acceptors (Lipinski definition) is 0. The molecule has 0 amide bonds. The molecular weight excluding hydrogens is 1050 g/mol. The lowest BCUT2D eigenvalue weighted by atomic mass is 9.93. The van der Waals surface area contributed by atoms with Crippen LogP contribution < -0.4 is 0 Å². The number of para-hydroxylation sites is 6. The van der Waals surface area contributed by atoms with Gasteiger partial charge in [-0.1, -0.05) is 227 Å². The van der Waals surface area contributed by atoms with Crippen LogP contribution in [0.2, 0.25) is 0 Å². The fourth-order valence-corrected chi connectivity index (χ4v) is 15.5. The molecule has 0 atom stereocenters. The van der Waals surface area contributed by atoms with Gasteiger partial charge in [0.15, 0.2) is 0 Å². The average molecular weight is 1120 g/mol. The molecule has 3 aliphatic rings. The fourth-order valence-electron chi connectivity index (χ4n) is 15.5. The molecule has 3 heteroatoms. The predicted octanol–water partition coefficient (Wildman–Crippen LogP) is 20.9. The molecule has 3 aliphatic carbocycles. The maximum atomic E-state index is 2.49. The van der Waals surface area contributed by atoms with Crippen LogP contribution in [0.5, 0.6) is 0 Å². The Balaban J connectivity index is 0.000000106. The topological polar surface area (TPSA) is 14.8 Å². The van der Waals surface area contributed by atoms with E-state index in [9.17, 15) is 0 Å². The Labute approximate surface area is 510 Å². The molecule has 87 heavy (non-hydrogen) atoms. The molecule has 0 unspecified atom stereocenters. The minimum atomic E-state index is 0.899. The summed E-state index contributed by atoms with van der Waals surface area (Å²) in [5.74, 6) is 0. The molecule has 12 aromatic carbocycles. The van der Waals surface area contributed by atoms with Gasteiger partial charge >= 0.3 is 0 Å². The first-order valence-corrected chi connectivity index (χ1v) is 31.6. The first kappa shape index (κ1) is 52.6. The Morgan fingerprint density at radius 3 is 1.16 bits per heavy atom. The molecule has 18 rings (SSSR count).